The van der Waals surface area contributed by atoms with Crippen LogP contribution in [0.25, 0.3) is 0 Å². The summed E-state index contributed by atoms with van der Waals surface area (Å²) in [6.07, 6.45) is 3.00. The molecule has 0 radical (unpaired) electrons. The van der Waals surface area contributed by atoms with Gasteiger partial charge < -0.3 is 0 Å². The molecule has 0 heterocycles. The first-order valence-electron chi connectivity index (χ1n) is 3.46. The molecular formula is C7H9ClO. The van der Waals surface area contributed by atoms with Crippen LogP contribution in [0.4, 0.5) is 0 Å². The molecule has 2 aliphatic carbocycles. The van der Waals surface area contributed by atoms with Crippen molar-refractivity contribution in [3.8, 4) is 0 Å². The Morgan fingerprint density at radius 1 is 1.44 bits per heavy atom. The standard InChI is InChI=1S/C7H9ClO/c8-7-4-1-2-5(7)6(9)3-4/h4-5,7H,1-3H2/t4-,5-,7+/m0/s1. The lowest BCUT2D eigenvalue weighted by atomic mass is 10.00. The quantitative estimate of drug-likeness (QED) is 0.472. The van der Waals surface area contributed by atoms with Gasteiger partial charge in [0.2, 0.25) is 0 Å². The Morgan fingerprint density at radius 3 is 2.44 bits per heavy atom. The number of carbonyl (C=O) groups is 1. The Hall–Kier alpha value is -0.0400. The number of fused-ring (bicyclic) bond motifs is 2. The lowest BCUT2D eigenvalue weighted by molar-refractivity contribution is -0.121. The average molecular weight is 145 g/mol. The highest BCUT2D eigenvalue weighted by molar-refractivity contribution is 6.23. The molecule has 2 heteroatoms. The second-order valence-electron chi connectivity index (χ2n) is 3.06. The predicted molar refractivity (Wildman–Crippen MR) is 35.5 cm³/mol. The first-order valence-corrected chi connectivity index (χ1v) is 3.89. The van der Waals surface area contributed by atoms with Crippen molar-refractivity contribution in [2.45, 2.75) is 24.6 Å². The Labute approximate surface area is 59.4 Å². The van der Waals surface area contributed by atoms with Crippen molar-refractivity contribution in [1.82, 2.24) is 0 Å². The Kier molecular flexibility index (Phi) is 1.10. The van der Waals surface area contributed by atoms with Crippen LogP contribution in [0.15, 0.2) is 0 Å². The number of ketones is 1. The van der Waals surface area contributed by atoms with Gasteiger partial charge in [-0.25, -0.2) is 0 Å². The van der Waals surface area contributed by atoms with Crippen LogP contribution in [-0.2, 0) is 4.79 Å². The van der Waals surface area contributed by atoms with E-state index >= 15 is 0 Å². The summed E-state index contributed by atoms with van der Waals surface area (Å²) in [6.45, 7) is 0. The number of hydrogen-bond donors (Lipinski definition) is 0. The number of hydrogen-bond acceptors (Lipinski definition) is 1. The normalized spacial score (nSPS) is 48.6. The molecule has 0 N–H and O–H groups in total. The fraction of sp³-hybridized carbons (Fsp3) is 0.857. The smallest absolute Gasteiger partial charge is 0.137 e. The summed E-state index contributed by atoms with van der Waals surface area (Å²) in [4.78, 5) is 11.0. The first-order chi connectivity index (χ1) is 4.29. The fourth-order valence-electron chi connectivity index (χ4n) is 2.00. The van der Waals surface area contributed by atoms with Gasteiger partial charge in [-0.1, -0.05) is 0 Å². The summed E-state index contributed by atoms with van der Waals surface area (Å²) in [5, 5.41) is 0.192. The van der Waals surface area contributed by atoms with Crippen LogP contribution in [0.1, 0.15) is 19.3 Å². The molecule has 2 fully saturated rings. The van der Waals surface area contributed by atoms with E-state index in [1.165, 1.54) is 6.42 Å². The molecule has 0 aromatic carbocycles. The fourth-order valence-corrected chi connectivity index (χ4v) is 2.49. The Balaban J connectivity index is 2.26. The maximum atomic E-state index is 11.0. The van der Waals surface area contributed by atoms with E-state index in [2.05, 4.69) is 0 Å². The molecule has 3 atom stereocenters. The van der Waals surface area contributed by atoms with Gasteiger partial charge in [0, 0.05) is 17.7 Å². The molecule has 0 unspecified atom stereocenters. The van der Waals surface area contributed by atoms with Gasteiger partial charge in [-0.3, -0.25) is 4.79 Å². The molecule has 0 aliphatic heterocycles. The number of alkyl halides is 1. The van der Waals surface area contributed by atoms with Gasteiger partial charge in [-0.2, -0.15) is 0 Å². The van der Waals surface area contributed by atoms with Crippen LogP contribution in [-0.4, -0.2) is 11.2 Å². The number of rotatable bonds is 0. The summed E-state index contributed by atoms with van der Waals surface area (Å²) in [6, 6.07) is 0. The molecular weight excluding hydrogens is 136 g/mol. The van der Waals surface area contributed by atoms with E-state index in [0.29, 0.717) is 11.7 Å². The predicted octanol–water partition coefficient (Wildman–Crippen LogP) is 1.59. The lowest BCUT2D eigenvalue weighted by Crippen LogP contribution is -2.10. The Bertz CT molecular complexity index is 155. The van der Waals surface area contributed by atoms with E-state index in [1.54, 1.807) is 0 Å². The molecule has 0 amide bonds. The first kappa shape index (κ1) is 5.72. The SMILES string of the molecule is O=C1C[C@@H]2CC[C@@H]1[C@@H]2Cl. The third-order valence-corrected chi connectivity index (χ3v) is 3.22. The van der Waals surface area contributed by atoms with Gasteiger partial charge in [0.05, 0.1) is 0 Å². The van der Waals surface area contributed by atoms with Crippen molar-refractivity contribution < 1.29 is 4.79 Å². The maximum absolute atomic E-state index is 11.0. The van der Waals surface area contributed by atoms with Crippen LogP contribution in [0, 0.1) is 11.8 Å². The zero-order chi connectivity index (χ0) is 6.43. The topological polar surface area (TPSA) is 17.1 Å². The molecule has 0 spiro atoms. The van der Waals surface area contributed by atoms with Crippen LogP contribution in [0.2, 0.25) is 0 Å². The molecule has 0 aromatic heterocycles. The minimum Gasteiger partial charge on any atom is -0.299 e. The van der Waals surface area contributed by atoms with E-state index < -0.39 is 0 Å². The van der Waals surface area contributed by atoms with Crippen LogP contribution >= 0.6 is 11.6 Å². The highest BCUT2D eigenvalue weighted by Gasteiger charge is 2.46. The highest BCUT2D eigenvalue weighted by atomic mass is 35.5. The highest BCUT2D eigenvalue weighted by Crippen LogP contribution is 2.45. The van der Waals surface area contributed by atoms with E-state index in [4.69, 9.17) is 11.6 Å². The van der Waals surface area contributed by atoms with Crippen molar-refractivity contribution in [3.05, 3.63) is 0 Å². The molecule has 50 valence electrons. The molecule has 2 aliphatic rings. The second kappa shape index (κ2) is 1.72. The zero-order valence-corrected chi connectivity index (χ0v) is 5.90. The summed E-state index contributed by atoms with van der Waals surface area (Å²) < 4.78 is 0. The molecule has 0 saturated heterocycles. The van der Waals surface area contributed by atoms with Gasteiger partial charge in [0.15, 0.2) is 0 Å². The second-order valence-corrected chi connectivity index (χ2v) is 3.56. The average Bonchev–Trinajstić information content (AvgIpc) is 2.25. The minimum atomic E-state index is 0.192. The zero-order valence-electron chi connectivity index (χ0n) is 5.14. The van der Waals surface area contributed by atoms with Gasteiger partial charge in [-0.05, 0) is 18.8 Å². The molecule has 9 heavy (non-hydrogen) atoms. The Morgan fingerprint density at radius 2 is 2.22 bits per heavy atom. The number of carbonyl (C=O) groups excluding carboxylic acids is 1. The van der Waals surface area contributed by atoms with E-state index in [0.717, 1.165) is 12.8 Å². The third kappa shape index (κ3) is 0.644. The van der Waals surface area contributed by atoms with Crippen molar-refractivity contribution >= 4 is 17.4 Å². The van der Waals surface area contributed by atoms with Gasteiger partial charge >= 0.3 is 0 Å². The van der Waals surface area contributed by atoms with E-state index in [9.17, 15) is 4.79 Å². The van der Waals surface area contributed by atoms with Crippen LogP contribution < -0.4 is 0 Å². The lowest BCUT2D eigenvalue weighted by Gasteiger charge is -2.04. The van der Waals surface area contributed by atoms with Gasteiger partial charge in [0.1, 0.15) is 5.78 Å². The van der Waals surface area contributed by atoms with Gasteiger partial charge in [0.25, 0.3) is 0 Å². The number of Topliss-reactive ketones (excluding diaryl/α,β-unsaturated/α-hetero) is 1. The monoisotopic (exact) mass is 144 g/mol. The van der Waals surface area contributed by atoms with E-state index in [1.807, 2.05) is 0 Å². The van der Waals surface area contributed by atoms with Crippen molar-refractivity contribution in [1.29, 1.82) is 0 Å². The summed E-state index contributed by atoms with van der Waals surface area (Å²) in [5.74, 6) is 1.17. The summed E-state index contributed by atoms with van der Waals surface area (Å²) in [5.41, 5.74) is 0. The summed E-state index contributed by atoms with van der Waals surface area (Å²) in [7, 11) is 0. The molecule has 0 aromatic rings. The molecule has 2 rings (SSSR count). The van der Waals surface area contributed by atoms with Crippen molar-refractivity contribution in [2.75, 3.05) is 0 Å². The molecule has 1 nitrogen and oxygen atoms in total. The minimum absolute atomic E-state index is 0.192. The largest absolute Gasteiger partial charge is 0.299 e. The van der Waals surface area contributed by atoms with E-state index in [-0.39, 0.29) is 11.3 Å². The third-order valence-electron chi connectivity index (χ3n) is 2.56. The van der Waals surface area contributed by atoms with Crippen molar-refractivity contribution in [3.63, 3.8) is 0 Å². The molecule has 2 bridgehead atoms. The van der Waals surface area contributed by atoms with Crippen LogP contribution in [0.3, 0.4) is 0 Å². The maximum Gasteiger partial charge on any atom is 0.137 e. The van der Waals surface area contributed by atoms with Gasteiger partial charge in [-0.15, -0.1) is 11.6 Å². The van der Waals surface area contributed by atoms with Crippen LogP contribution in [0.5, 0.6) is 0 Å². The molecule has 2 saturated carbocycles. The van der Waals surface area contributed by atoms with Crippen molar-refractivity contribution in [2.24, 2.45) is 11.8 Å². The summed E-state index contributed by atoms with van der Waals surface area (Å²) >= 11 is 5.95. The number of halogens is 1.